The van der Waals surface area contributed by atoms with E-state index in [0.717, 1.165) is 30.9 Å². The number of carbonyl (C=O) groups excluding carboxylic acids is 1. The van der Waals surface area contributed by atoms with Gasteiger partial charge in [0.2, 0.25) is 0 Å². The quantitative estimate of drug-likeness (QED) is 0.435. The molecule has 0 unspecified atom stereocenters. The molecule has 102 valence electrons. The molecule has 1 aliphatic rings. The van der Waals surface area contributed by atoms with Crippen LogP contribution in [0.4, 0.5) is 0 Å². The molecule has 18 heavy (non-hydrogen) atoms. The second kappa shape index (κ2) is 8.96. The van der Waals surface area contributed by atoms with Crippen LogP contribution in [0.25, 0.3) is 0 Å². The van der Waals surface area contributed by atoms with Gasteiger partial charge in [0.1, 0.15) is 5.76 Å². The normalized spacial score (nSPS) is 14.1. The third-order valence-corrected chi connectivity index (χ3v) is 3.14. The smallest absolute Gasteiger partial charge is 0.310 e. The zero-order valence-corrected chi connectivity index (χ0v) is 11.8. The highest BCUT2D eigenvalue weighted by atomic mass is 16.5. The summed E-state index contributed by atoms with van der Waals surface area (Å²) in [4.78, 5) is 11.5. The fraction of sp³-hybridized carbons (Fsp3) is 0.688. The molecule has 0 amide bonds. The molecular weight excluding hydrogens is 224 g/mol. The van der Waals surface area contributed by atoms with E-state index in [9.17, 15) is 4.79 Å². The van der Waals surface area contributed by atoms with Gasteiger partial charge in [-0.15, -0.1) is 0 Å². The highest BCUT2D eigenvalue weighted by Crippen LogP contribution is 2.14. The van der Waals surface area contributed by atoms with Crippen LogP contribution in [0.2, 0.25) is 0 Å². The Hall–Kier alpha value is -1.05. The molecule has 2 heteroatoms. The van der Waals surface area contributed by atoms with Crippen LogP contribution in [0.1, 0.15) is 65.2 Å². The van der Waals surface area contributed by atoms with Crippen molar-refractivity contribution in [1.82, 2.24) is 0 Å². The molecule has 0 atom stereocenters. The first-order valence-corrected chi connectivity index (χ1v) is 7.25. The van der Waals surface area contributed by atoms with E-state index in [4.69, 9.17) is 4.74 Å². The third kappa shape index (κ3) is 7.31. The van der Waals surface area contributed by atoms with E-state index in [1.165, 1.54) is 25.7 Å². The molecule has 0 aromatic rings. The molecule has 1 aliphatic carbocycles. The molecule has 2 nitrogen and oxygen atoms in total. The van der Waals surface area contributed by atoms with Gasteiger partial charge in [-0.1, -0.05) is 58.1 Å². The number of hydrogen-bond acceptors (Lipinski definition) is 2. The lowest BCUT2D eigenvalue weighted by molar-refractivity contribution is -0.139. The Balaban J connectivity index is 1.89. The van der Waals surface area contributed by atoms with Gasteiger partial charge in [0, 0.05) is 12.8 Å². The van der Waals surface area contributed by atoms with Crippen molar-refractivity contribution in [2.24, 2.45) is 5.92 Å². The van der Waals surface area contributed by atoms with Gasteiger partial charge in [0.25, 0.3) is 0 Å². The minimum absolute atomic E-state index is 0.0767. The van der Waals surface area contributed by atoms with Crippen molar-refractivity contribution in [1.29, 1.82) is 0 Å². The molecule has 0 saturated heterocycles. The zero-order chi connectivity index (χ0) is 13.2. The Kier molecular flexibility index (Phi) is 7.47. The molecule has 0 saturated carbocycles. The maximum absolute atomic E-state index is 11.5. The molecule has 0 aromatic carbocycles. The van der Waals surface area contributed by atoms with Crippen molar-refractivity contribution >= 4 is 5.97 Å². The molecule has 0 spiro atoms. The lowest BCUT2D eigenvalue weighted by Gasteiger charge is -2.05. The molecule has 0 radical (unpaired) electrons. The van der Waals surface area contributed by atoms with Gasteiger partial charge < -0.3 is 4.74 Å². The number of allylic oxidation sites excluding steroid dienone is 3. The van der Waals surface area contributed by atoms with Crippen LogP contribution in [-0.2, 0) is 9.53 Å². The molecule has 0 aromatic heterocycles. The fourth-order valence-corrected chi connectivity index (χ4v) is 2.05. The topological polar surface area (TPSA) is 26.3 Å². The SMILES string of the molecule is CC(C)CCCCCCCC(=O)OC1=CC=CC1. The minimum Gasteiger partial charge on any atom is -0.431 e. The van der Waals surface area contributed by atoms with Crippen molar-refractivity contribution in [2.45, 2.75) is 65.2 Å². The highest BCUT2D eigenvalue weighted by Gasteiger charge is 2.07. The lowest BCUT2D eigenvalue weighted by Crippen LogP contribution is -2.03. The molecule has 0 aliphatic heterocycles. The summed E-state index contributed by atoms with van der Waals surface area (Å²) in [5, 5.41) is 0. The molecule has 0 bridgehead atoms. The summed E-state index contributed by atoms with van der Waals surface area (Å²) in [7, 11) is 0. The largest absolute Gasteiger partial charge is 0.431 e. The van der Waals surface area contributed by atoms with Gasteiger partial charge in [-0.2, -0.15) is 0 Å². The first-order chi connectivity index (χ1) is 8.68. The number of hydrogen-bond donors (Lipinski definition) is 0. The van der Waals surface area contributed by atoms with Crippen LogP contribution >= 0.6 is 0 Å². The van der Waals surface area contributed by atoms with Crippen molar-refractivity contribution in [3.63, 3.8) is 0 Å². The van der Waals surface area contributed by atoms with E-state index in [1.807, 2.05) is 18.2 Å². The van der Waals surface area contributed by atoms with Crippen molar-refractivity contribution in [3.05, 3.63) is 24.0 Å². The number of unbranched alkanes of at least 4 members (excludes halogenated alkanes) is 4. The van der Waals surface area contributed by atoms with Crippen LogP contribution in [0.3, 0.4) is 0 Å². The second-order valence-corrected chi connectivity index (χ2v) is 5.44. The molecular formula is C16H26O2. The maximum atomic E-state index is 11.5. The van der Waals surface area contributed by atoms with Gasteiger partial charge in [0.15, 0.2) is 0 Å². The summed E-state index contributed by atoms with van der Waals surface area (Å²) in [6.45, 7) is 4.53. The molecule has 1 rings (SSSR count). The van der Waals surface area contributed by atoms with Crippen molar-refractivity contribution < 1.29 is 9.53 Å². The number of rotatable bonds is 9. The fourth-order valence-electron chi connectivity index (χ4n) is 2.05. The summed E-state index contributed by atoms with van der Waals surface area (Å²) < 4.78 is 5.23. The van der Waals surface area contributed by atoms with Crippen molar-refractivity contribution in [2.75, 3.05) is 0 Å². The standard InChI is InChI=1S/C16H26O2/c1-14(2)10-6-4-3-5-7-13-16(17)18-15-11-8-9-12-15/h8-9,11,14H,3-7,10,12-13H2,1-2H3. The van der Waals surface area contributed by atoms with Crippen LogP contribution in [0, 0.1) is 5.92 Å². The van der Waals surface area contributed by atoms with Gasteiger partial charge in [-0.25, -0.2) is 0 Å². The average Bonchev–Trinajstić information content (AvgIpc) is 2.80. The van der Waals surface area contributed by atoms with Gasteiger partial charge in [0.05, 0.1) is 0 Å². The van der Waals surface area contributed by atoms with Crippen molar-refractivity contribution in [3.8, 4) is 0 Å². The van der Waals surface area contributed by atoms with Gasteiger partial charge >= 0.3 is 5.97 Å². The zero-order valence-electron chi connectivity index (χ0n) is 11.8. The minimum atomic E-state index is -0.0767. The van der Waals surface area contributed by atoms with Crippen LogP contribution in [0.5, 0.6) is 0 Å². The maximum Gasteiger partial charge on any atom is 0.310 e. The van der Waals surface area contributed by atoms with Crippen LogP contribution in [0.15, 0.2) is 24.0 Å². The summed E-state index contributed by atoms with van der Waals surface area (Å²) in [5.41, 5.74) is 0. The van der Waals surface area contributed by atoms with Crippen LogP contribution in [-0.4, -0.2) is 5.97 Å². The van der Waals surface area contributed by atoms with E-state index in [-0.39, 0.29) is 5.97 Å². The van der Waals surface area contributed by atoms with E-state index in [2.05, 4.69) is 13.8 Å². The average molecular weight is 250 g/mol. The summed E-state index contributed by atoms with van der Waals surface area (Å²) >= 11 is 0. The van der Waals surface area contributed by atoms with E-state index < -0.39 is 0 Å². The monoisotopic (exact) mass is 250 g/mol. The summed E-state index contributed by atoms with van der Waals surface area (Å²) in [6.07, 6.45) is 14.4. The number of carbonyl (C=O) groups is 1. The van der Waals surface area contributed by atoms with E-state index in [1.54, 1.807) is 0 Å². The predicted molar refractivity (Wildman–Crippen MR) is 75.1 cm³/mol. The first-order valence-electron chi connectivity index (χ1n) is 7.25. The number of esters is 1. The van der Waals surface area contributed by atoms with Gasteiger partial charge in [-0.3, -0.25) is 4.79 Å². The van der Waals surface area contributed by atoms with E-state index in [0.29, 0.717) is 6.42 Å². The third-order valence-electron chi connectivity index (χ3n) is 3.14. The van der Waals surface area contributed by atoms with Gasteiger partial charge in [-0.05, 0) is 18.4 Å². The number of ether oxygens (including phenoxy) is 1. The Morgan fingerprint density at radius 1 is 1.22 bits per heavy atom. The second-order valence-electron chi connectivity index (χ2n) is 5.44. The Morgan fingerprint density at radius 3 is 2.61 bits per heavy atom. The van der Waals surface area contributed by atoms with E-state index >= 15 is 0 Å². The Morgan fingerprint density at radius 2 is 1.94 bits per heavy atom. The Labute approximate surface area is 111 Å². The molecule has 0 fully saturated rings. The molecule has 0 heterocycles. The predicted octanol–water partition coefficient (Wildman–Crippen LogP) is 4.76. The summed E-state index contributed by atoms with van der Waals surface area (Å²) in [6, 6.07) is 0. The highest BCUT2D eigenvalue weighted by molar-refractivity contribution is 5.70. The Bertz CT molecular complexity index is 300. The first kappa shape index (κ1) is 15.0. The molecule has 0 N–H and O–H groups in total. The van der Waals surface area contributed by atoms with Crippen LogP contribution < -0.4 is 0 Å². The summed E-state index contributed by atoms with van der Waals surface area (Å²) in [5.74, 6) is 1.53. The lowest BCUT2D eigenvalue weighted by atomic mass is 10.0.